The maximum atomic E-state index is 6.16. The van der Waals surface area contributed by atoms with Crippen LogP contribution >= 0.6 is 11.3 Å². The Morgan fingerprint density at radius 2 is 2.06 bits per heavy atom. The third kappa shape index (κ3) is 2.90. The summed E-state index contributed by atoms with van der Waals surface area (Å²) < 4.78 is 0. The van der Waals surface area contributed by atoms with E-state index in [9.17, 15) is 0 Å². The van der Waals surface area contributed by atoms with Gasteiger partial charge in [-0.2, -0.15) is 0 Å². The molecule has 4 heteroatoms. The van der Waals surface area contributed by atoms with Crippen molar-refractivity contribution in [1.29, 1.82) is 0 Å². The van der Waals surface area contributed by atoms with Gasteiger partial charge >= 0.3 is 0 Å². The van der Waals surface area contributed by atoms with Crippen LogP contribution < -0.4 is 5.73 Å². The molecule has 90 valence electrons. The van der Waals surface area contributed by atoms with Crippen LogP contribution in [-0.4, -0.2) is 9.97 Å². The van der Waals surface area contributed by atoms with E-state index in [0.29, 0.717) is 0 Å². The molecule has 0 spiro atoms. The predicted octanol–water partition coefficient (Wildman–Crippen LogP) is 2.71. The summed E-state index contributed by atoms with van der Waals surface area (Å²) in [5.41, 5.74) is 9.36. The molecular formula is C13H17N3S. The SMILES string of the molecule is Cc1ccc(C(N)Cc2nc(C)c(C)s2)cn1. The van der Waals surface area contributed by atoms with Gasteiger partial charge in [0, 0.05) is 29.2 Å². The van der Waals surface area contributed by atoms with Crippen molar-refractivity contribution in [1.82, 2.24) is 9.97 Å². The summed E-state index contributed by atoms with van der Waals surface area (Å²) in [6.45, 7) is 6.10. The first-order chi connectivity index (χ1) is 8.06. The van der Waals surface area contributed by atoms with Gasteiger partial charge < -0.3 is 5.73 Å². The van der Waals surface area contributed by atoms with Crippen LogP contribution in [0.5, 0.6) is 0 Å². The number of rotatable bonds is 3. The number of aromatic nitrogens is 2. The molecule has 0 radical (unpaired) electrons. The first-order valence-electron chi connectivity index (χ1n) is 5.67. The lowest BCUT2D eigenvalue weighted by atomic mass is 10.1. The van der Waals surface area contributed by atoms with Gasteiger partial charge in [-0.3, -0.25) is 4.98 Å². The summed E-state index contributed by atoms with van der Waals surface area (Å²) in [6.07, 6.45) is 2.64. The van der Waals surface area contributed by atoms with Crippen LogP contribution in [-0.2, 0) is 6.42 Å². The Balaban J connectivity index is 2.11. The fourth-order valence-electron chi connectivity index (χ4n) is 1.63. The van der Waals surface area contributed by atoms with E-state index in [1.54, 1.807) is 11.3 Å². The van der Waals surface area contributed by atoms with Crippen LogP contribution in [0.3, 0.4) is 0 Å². The van der Waals surface area contributed by atoms with Crippen LogP contribution in [0.2, 0.25) is 0 Å². The van der Waals surface area contributed by atoms with Crippen molar-refractivity contribution >= 4 is 11.3 Å². The van der Waals surface area contributed by atoms with Crippen LogP contribution in [0.4, 0.5) is 0 Å². The van der Waals surface area contributed by atoms with E-state index < -0.39 is 0 Å². The van der Waals surface area contributed by atoms with Gasteiger partial charge in [-0.25, -0.2) is 4.98 Å². The first-order valence-corrected chi connectivity index (χ1v) is 6.49. The molecule has 2 heterocycles. The van der Waals surface area contributed by atoms with Crippen molar-refractivity contribution in [2.45, 2.75) is 33.2 Å². The molecule has 0 bridgehead atoms. The van der Waals surface area contributed by atoms with Crippen molar-refractivity contribution in [3.8, 4) is 0 Å². The van der Waals surface area contributed by atoms with Gasteiger partial charge in [-0.1, -0.05) is 6.07 Å². The quantitative estimate of drug-likeness (QED) is 0.907. The van der Waals surface area contributed by atoms with Gasteiger partial charge in [0.25, 0.3) is 0 Å². The third-order valence-corrected chi connectivity index (χ3v) is 3.92. The highest BCUT2D eigenvalue weighted by Gasteiger charge is 2.11. The number of hydrogen-bond acceptors (Lipinski definition) is 4. The van der Waals surface area contributed by atoms with Crippen LogP contribution in [0.15, 0.2) is 18.3 Å². The highest BCUT2D eigenvalue weighted by molar-refractivity contribution is 7.11. The zero-order chi connectivity index (χ0) is 12.4. The van der Waals surface area contributed by atoms with Gasteiger partial charge in [-0.05, 0) is 32.4 Å². The molecule has 2 aromatic heterocycles. The largest absolute Gasteiger partial charge is 0.324 e. The van der Waals surface area contributed by atoms with Crippen molar-refractivity contribution in [3.63, 3.8) is 0 Å². The van der Waals surface area contributed by atoms with Crippen LogP contribution in [0, 0.1) is 20.8 Å². The van der Waals surface area contributed by atoms with E-state index in [1.165, 1.54) is 4.88 Å². The molecule has 0 aromatic carbocycles. The van der Waals surface area contributed by atoms with Crippen molar-refractivity contribution in [2.75, 3.05) is 0 Å². The minimum Gasteiger partial charge on any atom is -0.324 e. The second kappa shape index (κ2) is 4.94. The molecule has 0 saturated carbocycles. The lowest BCUT2D eigenvalue weighted by Gasteiger charge is -2.09. The smallest absolute Gasteiger partial charge is 0.0949 e. The monoisotopic (exact) mass is 247 g/mol. The molecule has 3 nitrogen and oxygen atoms in total. The minimum absolute atomic E-state index is 0.0203. The molecule has 1 atom stereocenters. The van der Waals surface area contributed by atoms with Gasteiger partial charge in [0.1, 0.15) is 0 Å². The summed E-state index contributed by atoms with van der Waals surface area (Å²) in [4.78, 5) is 10.1. The summed E-state index contributed by atoms with van der Waals surface area (Å²) in [5.74, 6) is 0. The molecule has 0 aliphatic heterocycles. The molecule has 0 aliphatic carbocycles. The zero-order valence-electron chi connectivity index (χ0n) is 10.4. The van der Waals surface area contributed by atoms with Crippen LogP contribution in [0.1, 0.15) is 32.9 Å². The Bertz CT molecular complexity index is 482. The molecule has 2 N–H and O–H groups in total. The van der Waals surface area contributed by atoms with E-state index in [2.05, 4.69) is 16.9 Å². The molecule has 0 aliphatic rings. The van der Waals surface area contributed by atoms with Crippen molar-refractivity contribution < 1.29 is 0 Å². The van der Waals surface area contributed by atoms with Crippen LogP contribution in [0.25, 0.3) is 0 Å². The Labute approximate surface area is 106 Å². The van der Waals surface area contributed by atoms with E-state index in [4.69, 9.17) is 5.73 Å². The Morgan fingerprint density at radius 1 is 1.29 bits per heavy atom. The lowest BCUT2D eigenvalue weighted by molar-refractivity contribution is 0.712. The summed E-state index contributed by atoms with van der Waals surface area (Å²) in [6, 6.07) is 4.02. The van der Waals surface area contributed by atoms with Gasteiger partial charge in [0.2, 0.25) is 0 Å². The van der Waals surface area contributed by atoms with Gasteiger partial charge in [0.15, 0.2) is 0 Å². The second-order valence-electron chi connectivity index (χ2n) is 4.29. The fourth-order valence-corrected chi connectivity index (χ4v) is 2.62. The van der Waals surface area contributed by atoms with Crippen molar-refractivity contribution in [3.05, 3.63) is 45.2 Å². The number of nitrogens with two attached hydrogens (primary N) is 1. The Morgan fingerprint density at radius 3 is 2.59 bits per heavy atom. The number of aryl methyl sites for hydroxylation is 3. The number of nitrogens with zero attached hydrogens (tertiary/aromatic N) is 2. The molecule has 17 heavy (non-hydrogen) atoms. The summed E-state index contributed by atoms with van der Waals surface area (Å²) in [5, 5.41) is 1.10. The Hall–Kier alpha value is -1.26. The van der Waals surface area contributed by atoms with Gasteiger partial charge in [0.05, 0.1) is 10.7 Å². The average Bonchev–Trinajstić information content (AvgIpc) is 2.58. The maximum absolute atomic E-state index is 6.16. The standard InChI is InChI=1S/C13H17N3S/c1-8-4-5-11(7-15-8)12(14)6-13-16-9(2)10(3)17-13/h4-5,7,12H,6,14H2,1-3H3. The third-order valence-electron chi connectivity index (χ3n) is 2.83. The Kier molecular flexibility index (Phi) is 3.54. The first kappa shape index (κ1) is 12.2. The zero-order valence-corrected chi connectivity index (χ0v) is 11.2. The number of hydrogen-bond donors (Lipinski definition) is 1. The molecular weight excluding hydrogens is 230 g/mol. The molecule has 0 saturated heterocycles. The highest BCUT2D eigenvalue weighted by Crippen LogP contribution is 2.21. The molecule has 1 unspecified atom stereocenters. The highest BCUT2D eigenvalue weighted by atomic mass is 32.1. The normalized spacial score (nSPS) is 12.7. The summed E-state index contributed by atoms with van der Waals surface area (Å²) >= 11 is 1.73. The molecule has 0 amide bonds. The predicted molar refractivity (Wildman–Crippen MR) is 71.2 cm³/mol. The van der Waals surface area contributed by atoms with E-state index in [1.807, 2.05) is 32.2 Å². The molecule has 2 rings (SSSR count). The second-order valence-corrected chi connectivity index (χ2v) is 5.58. The molecule has 0 fully saturated rings. The molecule has 2 aromatic rings. The average molecular weight is 247 g/mol. The lowest BCUT2D eigenvalue weighted by Crippen LogP contribution is -2.13. The van der Waals surface area contributed by atoms with E-state index in [0.717, 1.165) is 28.4 Å². The fraction of sp³-hybridized carbons (Fsp3) is 0.385. The number of thiazole rings is 1. The minimum atomic E-state index is -0.0203. The van der Waals surface area contributed by atoms with Crippen molar-refractivity contribution in [2.24, 2.45) is 5.73 Å². The summed E-state index contributed by atoms with van der Waals surface area (Å²) in [7, 11) is 0. The maximum Gasteiger partial charge on any atom is 0.0949 e. The van der Waals surface area contributed by atoms with Gasteiger partial charge in [-0.15, -0.1) is 11.3 Å². The van der Waals surface area contributed by atoms with E-state index in [-0.39, 0.29) is 6.04 Å². The number of pyridine rings is 1. The topological polar surface area (TPSA) is 51.8 Å². The van der Waals surface area contributed by atoms with E-state index >= 15 is 0 Å².